The van der Waals surface area contributed by atoms with Crippen molar-refractivity contribution in [1.29, 1.82) is 0 Å². The molecule has 10 heteroatoms. The van der Waals surface area contributed by atoms with Crippen molar-refractivity contribution in [2.45, 2.75) is 38.8 Å². The molecule has 2 atom stereocenters. The highest BCUT2D eigenvalue weighted by atomic mass is 19.1. The molecule has 0 saturated carbocycles. The number of halogens is 1. The van der Waals surface area contributed by atoms with Crippen molar-refractivity contribution in [3.05, 3.63) is 35.6 Å². The third-order valence-corrected chi connectivity index (χ3v) is 5.51. The van der Waals surface area contributed by atoms with Crippen LogP contribution in [-0.4, -0.2) is 46.9 Å². The van der Waals surface area contributed by atoms with Gasteiger partial charge in [0.25, 0.3) is 5.91 Å². The van der Waals surface area contributed by atoms with Crippen molar-refractivity contribution in [2.24, 2.45) is 18.5 Å². The standard InChI is InChI=1S/C22H31FN8O/c1-6-16(24)17(7-2)27-21-15(23)11-14(19(25)32)20(28-21)26-12-8-9-18-13(10-12)22(30(3)4)29-31(18)5/h8-11,16-17H,6-7,24H2,1-5H3,(H2,25,32)(H2,26,27,28)/t16-,17+/m0/s1. The minimum absolute atomic E-state index is 0.0182. The fraction of sp³-hybridized carbons (Fsp3) is 0.409. The van der Waals surface area contributed by atoms with Gasteiger partial charge < -0.3 is 27.0 Å². The molecule has 0 fully saturated rings. The molecule has 172 valence electrons. The van der Waals surface area contributed by atoms with Crippen LogP contribution in [0, 0.1) is 5.82 Å². The first-order valence-electron chi connectivity index (χ1n) is 10.6. The van der Waals surface area contributed by atoms with Gasteiger partial charge in [-0.2, -0.15) is 5.10 Å². The number of benzene rings is 1. The second kappa shape index (κ2) is 9.39. The number of carbonyl (C=O) groups is 1. The molecule has 0 aliphatic heterocycles. The van der Waals surface area contributed by atoms with Crippen molar-refractivity contribution in [3.8, 4) is 0 Å². The number of carbonyl (C=O) groups excluding carboxylic acids is 1. The number of fused-ring (bicyclic) bond motifs is 1. The van der Waals surface area contributed by atoms with E-state index in [1.807, 2.05) is 58.1 Å². The van der Waals surface area contributed by atoms with E-state index < -0.39 is 11.7 Å². The lowest BCUT2D eigenvalue weighted by atomic mass is 10.0. The van der Waals surface area contributed by atoms with E-state index in [-0.39, 0.29) is 29.3 Å². The number of hydrogen-bond acceptors (Lipinski definition) is 7. The molecule has 0 aliphatic carbocycles. The molecule has 2 heterocycles. The summed E-state index contributed by atoms with van der Waals surface area (Å²) in [5, 5.41) is 11.6. The lowest BCUT2D eigenvalue weighted by Crippen LogP contribution is -2.39. The van der Waals surface area contributed by atoms with E-state index in [9.17, 15) is 9.18 Å². The molecule has 1 aromatic carbocycles. The smallest absolute Gasteiger partial charge is 0.252 e. The van der Waals surface area contributed by atoms with E-state index in [4.69, 9.17) is 11.5 Å². The number of nitrogens with zero attached hydrogens (tertiary/aromatic N) is 4. The maximum atomic E-state index is 14.7. The molecule has 6 N–H and O–H groups in total. The first kappa shape index (κ1) is 23.3. The molecule has 0 radical (unpaired) electrons. The van der Waals surface area contributed by atoms with Crippen LogP contribution in [0.25, 0.3) is 10.9 Å². The summed E-state index contributed by atoms with van der Waals surface area (Å²) in [6, 6.07) is 6.43. The summed E-state index contributed by atoms with van der Waals surface area (Å²) >= 11 is 0. The number of nitrogens with two attached hydrogens (primary N) is 2. The van der Waals surface area contributed by atoms with E-state index >= 15 is 0 Å². The number of aryl methyl sites for hydroxylation is 1. The Morgan fingerprint density at radius 3 is 2.53 bits per heavy atom. The summed E-state index contributed by atoms with van der Waals surface area (Å²) in [6.07, 6.45) is 1.43. The van der Waals surface area contributed by atoms with Gasteiger partial charge in [-0.1, -0.05) is 13.8 Å². The molecule has 0 aliphatic rings. The predicted molar refractivity (Wildman–Crippen MR) is 127 cm³/mol. The average molecular weight is 443 g/mol. The largest absolute Gasteiger partial charge is 0.365 e. The topological polar surface area (TPSA) is 127 Å². The number of primary amides is 1. The average Bonchev–Trinajstić information content (AvgIpc) is 3.09. The summed E-state index contributed by atoms with van der Waals surface area (Å²) in [7, 11) is 5.70. The lowest BCUT2D eigenvalue weighted by Gasteiger charge is -2.24. The molecular weight excluding hydrogens is 411 g/mol. The van der Waals surface area contributed by atoms with Crippen LogP contribution in [0.1, 0.15) is 37.0 Å². The fourth-order valence-corrected chi connectivity index (χ4v) is 3.64. The maximum absolute atomic E-state index is 14.7. The van der Waals surface area contributed by atoms with Crippen molar-refractivity contribution < 1.29 is 9.18 Å². The highest BCUT2D eigenvalue weighted by Gasteiger charge is 2.21. The third-order valence-electron chi connectivity index (χ3n) is 5.51. The van der Waals surface area contributed by atoms with E-state index in [0.29, 0.717) is 12.1 Å². The minimum atomic E-state index is -0.779. The number of pyridine rings is 1. The molecular formula is C22H31FN8O. The highest BCUT2D eigenvalue weighted by molar-refractivity contribution is 5.99. The van der Waals surface area contributed by atoms with Gasteiger partial charge in [-0.3, -0.25) is 9.48 Å². The second-order valence-electron chi connectivity index (χ2n) is 8.01. The van der Waals surface area contributed by atoms with Gasteiger partial charge in [-0.25, -0.2) is 9.37 Å². The fourth-order valence-electron chi connectivity index (χ4n) is 3.64. The number of aromatic nitrogens is 3. The van der Waals surface area contributed by atoms with Crippen LogP contribution in [0.2, 0.25) is 0 Å². The van der Waals surface area contributed by atoms with Gasteiger partial charge in [-0.15, -0.1) is 0 Å². The zero-order chi connectivity index (χ0) is 23.6. The number of hydrogen-bond donors (Lipinski definition) is 4. The zero-order valence-electron chi connectivity index (χ0n) is 19.1. The molecule has 0 unspecified atom stereocenters. The Balaban J connectivity index is 2.02. The quantitative estimate of drug-likeness (QED) is 0.401. The van der Waals surface area contributed by atoms with Gasteiger partial charge in [0.05, 0.1) is 11.1 Å². The molecule has 9 nitrogen and oxygen atoms in total. The molecule has 3 rings (SSSR count). The number of nitrogens with one attached hydrogen (secondary N) is 2. The molecule has 2 aromatic heterocycles. The maximum Gasteiger partial charge on any atom is 0.252 e. The van der Waals surface area contributed by atoms with Crippen molar-refractivity contribution >= 4 is 40.0 Å². The number of anilines is 4. The number of amides is 1. The molecule has 0 saturated heterocycles. The SMILES string of the molecule is CC[C@H](N)[C@@H](CC)Nc1nc(Nc2ccc3c(c2)c(N(C)C)nn3C)c(C(N)=O)cc1F. The first-order valence-corrected chi connectivity index (χ1v) is 10.6. The van der Waals surface area contributed by atoms with Gasteiger partial charge in [0.1, 0.15) is 5.82 Å². The highest BCUT2D eigenvalue weighted by Crippen LogP contribution is 2.30. The van der Waals surface area contributed by atoms with Gasteiger partial charge in [0.2, 0.25) is 0 Å². The summed E-state index contributed by atoms with van der Waals surface area (Å²) in [5.74, 6) is -0.460. The monoisotopic (exact) mass is 442 g/mol. The molecule has 3 aromatic rings. The van der Waals surface area contributed by atoms with Crippen LogP contribution < -0.4 is 27.0 Å². The molecule has 32 heavy (non-hydrogen) atoms. The van der Waals surface area contributed by atoms with Gasteiger partial charge >= 0.3 is 0 Å². The zero-order valence-corrected chi connectivity index (χ0v) is 19.1. The molecule has 0 spiro atoms. The Morgan fingerprint density at radius 2 is 1.94 bits per heavy atom. The van der Waals surface area contributed by atoms with Crippen LogP contribution >= 0.6 is 0 Å². The predicted octanol–water partition coefficient (Wildman–Crippen LogP) is 2.94. The molecule has 0 bridgehead atoms. The van der Waals surface area contributed by atoms with Crippen LogP contribution in [0.4, 0.5) is 27.5 Å². The Morgan fingerprint density at radius 1 is 1.22 bits per heavy atom. The van der Waals surface area contributed by atoms with E-state index in [1.165, 1.54) is 0 Å². The van der Waals surface area contributed by atoms with Crippen LogP contribution in [-0.2, 0) is 7.05 Å². The van der Waals surface area contributed by atoms with Crippen LogP contribution in [0.5, 0.6) is 0 Å². The Bertz CT molecular complexity index is 1130. The van der Waals surface area contributed by atoms with Gasteiger partial charge in [-0.05, 0) is 37.1 Å². The lowest BCUT2D eigenvalue weighted by molar-refractivity contribution is 0.100. The summed E-state index contributed by atoms with van der Waals surface area (Å²) < 4.78 is 16.5. The third kappa shape index (κ3) is 4.59. The van der Waals surface area contributed by atoms with Crippen molar-refractivity contribution in [3.63, 3.8) is 0 Å². The molecule has 1 amide bonds. The van der Waals surface area contributed by atoms with Crippen molar-refractivity contribution in [2.75, 3.05) is 29.6 Å². The first-order chi connectivity index (χ1) is 15.2. The Labute approximate surface area is 187 Å². The normalized spacial score (nSPS) is 13.1. The Kier molecular flexibility index (Phi) is 6.83. The van der Waals surface area contributed by atoms with Crippen LogP contribution in [0.3, 0.4) is 0 Å². The van der Waals surface area contributed by atoms with Gasteiger partial charge in [0.15, 0.2) is 17.5 Å². The van der Waals surface area contributed by atoms with E-state index in [0.717, 1.165) is 29.2 Å². The minimum Gasteiger partial charge on any atom is -0.365 e. The van der Waals surface area contributed by atoms with Gasteiger partial charge in [0, 0.05) is 44.3 Å². The summed E-state index contributed by atoms with van der Waals surface area (Å²) in [6.45, 7) is 3.94. The van der Waals surface area contributed by atoms with E-state index in [2.05, 4.69) is 20.7 Å². The summed E-state index contributed by atoms with van der Waals surface area (Å²) in [4.78, 5) is 18.3. The second-order valence-corrected chi connectivity index (χ2v) is 8.01. The number of rotatable bonds is 9. The van der Waals surface area contributed by atoms with Crippen molar-refractivity contribution in [1.82, 2.24) is 14.8 Å². The summed E-state index contributed by atoms with van der Waals surface area (Å²) in [5.41, 5.74) is 13.2. The van der Waals surface area contributed by atoms with E-state index in [1.54, 1.807) is 4.68 Å². The Hall–Kier alpha value is -3.40. The van der Waals surface area contributed by atoms with Crippen LogP contribution in [0.15, 0.2) is 24.3 Å².